The summed E-state index contributed by atoms with van der Waals surface area (Å²) >= 11 is 0. The quantitative estimate of drug-likeness (QED) is 0.607. The van der Waals surface area contributed by atoms with E-state index in [1.807, 2.05) is 72.8 Å². The van der Waals surface area contributed by atoms with Crippen LogP contribution in [0.15, 0.2) is 72.8 Å². The van der Waals surface area contributed by atoms with E-state index in [0.29, 0.717) is 0 Å². The number of alkyl carbamates (subject to hydrolysis) is 2. The zero-order chi connectivity index (χ0) is 19.2. The van der Waals surface area contributed by atoms with Gasteiger partial charge < -0.3 is 20.1 Å². The van der Waals surface area contributed by atoms with E-state index < -0.39 is 12.2 Å². The van der Waals surface area contributed by atoms with E-state index in [9.17, 15) is 9.59 Å². The SMILES string of the molecule is C.C.O=C(NCNC(=O)OCC=Cc1ccccc1)OCC=Cc1ccccc1. The Kier molecular flexibility index (Phi) is 13.6. The van der Waals surface area contributed by atoms with Gasteiger partial charge in [0.1, 0.15) is 13.2 Å². The van der Waals surface area contributed by atoms with Crippen LogP contribution in [-0.4, -0.2) is 32.1 Å². The molecule has 2 rings (SSSR count). The number of ether oxygens (including phenoxy) is 2. The fraction of sp³-hybridized carbons (Fsp3) is 0.217. The molecule has 0 aliphatic rings. The van der Waals surface area contributed by atoms with E-state index in [0.717, 1.165) is 11.1 Å². The first-order chi connectivity index (χ1) is 13.2. The largest absolute Gasteiger partial charge is 0.445 e. The predicted octanol–water partition coefficient (Wildman–Crippen LogP) is 5.10. The molecule has 2 amide bonds. The Labute approximate surface area is 173 Å². The Balaban J connectivity index is 0.00000392. The van der Waals surface area contributed by atoms with Gasteiger partial charge in [0.15, 0.2) is 0 Å². The molecule has 0 radical (unpaired) electrons. The van der Waals surface area contributed by atoms with Gasteiger partial charge in [0, 0.05) is 0 Å². The third-order valence-corrected chi connectivity index (χ3v) is 3.31. The van der Waals surface area contributed by atoms with Crippen LogP contribution < -0.4 is 10.6 Å². The van der Waals surface area contributed by atoms with Crippen molar-refractivity contribution in [3.05, 3.63) is 83.9 Å². The second-order valence-corrected chi connectivity index (χ2v) is 5.35. The van der Waals surface area contributed by atoms with Crippen LogP contribution >= 0.6 is 0 Å². The fourth-order valence-electron chi connectivity index (χ4n) is 2.03. The average molecular weight is 399 g/mol. The molecule has 2 aromatic carbocycles. The summed E-state index contributed by atoms with van der Waals surface area (Å²) in [7, 11) is 0. The summed E-state index contributed by atoms with van der Waals surface area (Å²) in [5.74, 6) is 0. The molecule has 2 N–H and O–H groups in total. The minimum atomic E-state index is -0.628. The molecule has 0 saturated carbocycles. The molecular formula is C23H30N2O4. The third kappa shape index (κ3) is 11.7. The number of benzene rings is 2. The minimum absolute atomic E-state index is 0. The second kappa shape index (κ2) is 15.5. The van der Waals surface area contributed by atoms with E-state index in [-0.39, 0.29) is 34.7 Å². The summed E-state index contributed by atoms with van der Waals surface area (Å²) in [4.78, 5) is 23.0. The standard InChI is InChI=1S/C21H22N2O4.2CH4/c24-20(26-15-7-13-18-9-3-1-4-10-18)22-17-23-21(25)27-16-8-14-19-11-5-2-6-12-19;;/h1-14H,15-17H2,(H,22,24)(H,23,25);2*1H4. The summed E-state index contributed by atoms with van der Waals surface area (Å²) in [6, 6.07) is 19.3. The molecule has 0 unspecified atom stereocenters. The van der Waals surface area contributed by atoms with Gasteiger partial charge in [-0.1, -0.05) is 87.7 Å². The molecule has 0 bridgehead atoms. The van der Waals surface area contributed by atoms with Gasteiger partial charge in [0.25, 0.3) is 0 Å². The summed E-state index contributed by atoms with van der Waals surface area (Å²) in [6.07, 6.45) is 5.91. The van der Waals surface area contributed by atoms with Crippen molar-refractivity contribution >= 4 is 24.3 Å². The van der Waals surface area contributed by atoms with Crippen molar-refractivity contribution in [3.63, 3.8) is 0 Å². The monoisotopic (exact) mass is 398 g/mol. The molecule has 0 fully saturated rings. The predicted molar refractivity (Wildman–Crippen MR) is 118 cm³/mol. The Hall–Kier alpha value is -3.54. The molecule has 0 atom stereocenters. The van der Waals surface area contributed by atoms with Crippen LogP contribution in [0.2, 0.25) is 0 Å². The van der Waals surface area contributed by atoms with Crippen molar-refractivity contribution in [2.75, 3.05) is 19.9 Å². The zero-order valence-corrected chi connectivity index (χ0v) is 14.8. The van der Waals surface area contributed by atoms with Gasteiger partial charge in [-0.3, -0.25) is 0 Å². The van der Waals surface area contributed by atoms with E-state index in [1.165, 1.54) is 0 Å². The molecule has 0 aromatic heterocycles. The highest BCUT2D eigenvalue weighted by atomic mass is 16.6. The number of carbonyl (C=O) groups excluding carboxylic acids is 2. The molecule has 6 nitrogen and oxygen atoms in total. The Morgan fingerprint density at radius 1 is 0.690 bits per heavy atom. The third-order valence-electron chi connectivity index (χ3n) is 3.31. The molecule has 0 spiro atoms. The maximum Gasteiger partial charge on any atom is 0.408 e. The van der Waals surface area contributed by atoms with Crippen LogP contribution in [0.4, 0.5) is 9.59 Å². The van der Waals surface area contributed by atoms with Crippen molar-refractivity contribution < 1.29 is 19.1 Å². The van der Waals surface area contributed by atoms with E-state index in [1.54, 1.807) is 12.2 Å². The molecule has 2 aromatic rings. The molecule has 0 heterocycles. The summed E-state index contributed by atoms with van der Waals surface area (Å²) in [5, 5.41) is 4.81. The van der Waals surface area contributed by atoms with Crippen LogP contribution in [0.25, 0.3) is 12.2 Å². The highest BCUT2D eigenvalue weighted by Crippen LogP contribution is 2.01. The molecule has 156 valence electrons. The van der Waals surface area contributed by atoms with Gasteiger partial charge in [0.2, 0.25) is 0 Å². The maximum absolute atomic E-state index is 11.5. The van der Waals surface area contributed by atoms with Gasteiger partial charge in [-0.15, -0.1) is 0 Å². The van der Waals surface area contributed by atoms with Gasteiger partial charge in [0.05, 0.1) is 6.67 Å². The summed E-state index contributed by atoms with van der Waals surface area (Å²) in [6.45, 7) is 0.188. The summed E-state index contributed by atoms with van der Waals surface area (Å²) in [5.41, 5.74) is 2.04. The van der Waals surface area contributed by atoms with Crippen molar-refractivity contribution in [1.82, 2.24) is 10.6 Å². The number of rotatable bonds is 8. The first kappa shape index (κ1) is 25.5. The van der Waals surface area contributed by atoms with E-state index in [2.05, 4.69) is 10.6 Å². The van der Waals surface area contributed by atoms with Gasteiger partial charge in [-0.2, -0.15) is 0 Å². The lowest BCUT2D eigenvalue weighted by Gasteiger charge is -2.07. The number of amides is 2. The fourth-order valence-corrected chi connectivity index (χ4v) is 2.03. The number of hydrogen-bond donors (Lipinski definition) is 2. The van der Waals surface area contributed by atoms with Crippen molar-refractivity contribution in [2.24, 2.45) is 0 Å². The second-order valence-electron chi connectivity index (χ2n) is 5.35. The number of hydrogen-bond acceptors (Lipinski definition) is 4. The lowest BCUT2D eigenvalue weighted by Crippen LogP contribution is -2.37. The zero-order valence-electron chi connectivity index (χ0n) is 14.8. The van der Waals surface area contributed by atoms with E-state index in [4.69, 9.17) is 9.47 Å². The van der Waals surface area contributed by atoms with Gasteiger partial charge in [-0.05, 0) is 23.3 Å². The van der Waals surface area contributed by atoms with Crippen LogP contribution in [0.3, 0.4) is 0 Å². The molecule has 29 heavy (non-hydrogen) atoms. The van der Waals surface area contributed by atoms with Crippen molar-refractivity contribution in [2.45, 2.75) is 14.9 Å². The Bertz CT molecular complexity index is 693. The van der Waals surface area contributed by atoms with Crippen molar-refractivity contribution in [1.29, 1.82) is 0 Å². The van der Waals surface area contributed by atoms with Gasteiger partial charge in [-0.25, -0.2) is 9.59 Å². The van der Waals surface area contributed by atoms with Crippen LogP contribution in [0.5, 0.6) is 0 Å². The Morgan fingerprint density at radius 2 is 1.07 bits per heavy atom. The highest BCUT2D eigenvalue weighted by molar-refractivity contribution is 5.70. The normalized spacial score (nSPS) is 9.93. The molecule has 6 heteroatoms. The topological polar surface area (TPSA) is 76.7 Å². The summed E-state index contributed by atoms with van der Waals surface area (Å²) < 4.78 is 9.91. The maximum atomic E-state index is 11.5. The first-order valence-electron chi connectivity index (χ1n) is 8.48. The van der Waals surface area contributed by atoms with Crippen LogP contribution in [0.1, 0.15) is 26.0 Å². The van der Waals surface area contributed by atoms with Crippen LogP contribution in [-0.2, 0) is 9.47 Å². The molecular weight excluding hydrogens is 368 g/mol. The van der Waals surface area contributed by atoms with Crippen molar-refractivity contribution in [3.8, 4) is 0 Å². The first-order valence-corrected chi connectivity index (χ1v) is 8.48. The highest BCUT2D eigenvalue weighted by Gasteiger charge is 2.02. The smallest absolute Gasteiger partial charge is 0.408 e. The average Bonchev–Trinajstić information content (AvgIpc) is 2.70. The van der Waals surface area contributed by atoms with E-state index >= 15 is 0 Å². The lowest BCUT2D eigenvalue weighted by molar-refractivity contribution is 0.150. The van der Waals surface area contributed by atoms with Crippen LogP contribution in [0, 0.1) is 0 Å². The minimum Gasteiger partial charge on any atom is -0.445 e. The lowest BCUT2D eigenvalue weighted by atomic mass is 10.2. The number of nitrogens with one attached hydrogen (secondary N) is 2. The van der Waals surface area contributed by atoms with Gasteiger partial charge >= 0.3 is 12.2 Å². The molecule has 0 aliphatic heterocycles. The Morgan fingerprint density at radius 3 is 1.45 bits per heavy atom. The molecule has 0 aliphatic carbocycles. The molecule has 0 saturated heterocycles. The number of carbonyl (C=O) groups is 2.